The number of carbonyl (C=O) groups is 2. The van der Waals surface area contributed by atoms with Crippen LogP contribution in [-0.2, 0) is 25.6 Å². The number of hydroxylamine groups is 2. The Morgan fingerprint density at radius 1 is 1.14 bits per heavy atom. The Morgan fingerprint density at radius 3 is 2.11 bits per heavy atom. The highest BCUT2D eigenvalue weighted by Crippen LogP contribution is 2.32. The number of carbonyl (C=O) groups excluding carboxylic acids is 2. The molecule has 0 aromatic heterocycles. The zero-order chi connectivity index (χ0) is 21.1. The van der Waals surface area contributed by atoms with Crippen molar-refractivity contribution in [3.63, 3.8) is 0 Å². The first kappa shape index (κ1) is 22.6. The molecule has 1 fully saturated rings. The first-order valence-electron chi connectivity index (χ1n) is 9.29. The second-order valence-corrected chi connectivity index (χ2v) is 7.82. The van der Waals surface area contributed by atoms with Crippen molar-refractivity contribution in [1.82, 2.24) is 15.1 Å². The fourth-order valence-electron chi connectivity index (χ4n) is 4.02. The quantitative estimate of drug-likeness (QED) is 0.529. The summed E-state index contributed by atoms with van der Waals surface area (Å²) < 4.78 is 5.12. The predicted molar refractivity (Wildman–Crippen MR) is 108 cm³/mol. The van der Waals surface area contributed by atoms with Crippen molar-refractivity contribution in [1.29, 1.82) is 0 Å². The third kappa shape index (κ3) is 4.49. The van der Waals surface area contributed by atoms with E-state index in [2.05, 4.69) is 0 Å². The molecule has 0 saturated carbocycles. The van der Waals surface area contributed by atoms with E-state index < -0.39 is 11.5 Å². The molecule has 0 radical (unpaired) electrons. The van der Waals surface area contributed by atoms with Gasteiger partial charge in [-0.05, 0) is 55.5 Å². The summed E-state index contributed by atoms with van der Waals surface area (Å²) in [5.74, 6) is -0.565. The van der Waals surface area contributed by atoms with E-state index in [9.17, 15) is 9.59 Å². The van der Waals surface area contributed by atoms with E-state index in [0.29, 0.717) is 31.0 Å². The first-order valence-corrected chi connectivity index (χ1v) is 9.67. The van der Waals surface area contributed by atoms with Gasteiger partial charge in [0, 0.05) is 32.2 Å². The number of benzene rings is 1. The topological polar surface area (TPSA) is 62.3 Å². The van der Waals surface area contributed by atoms with Crippen molar-refractivity contribution in [3.05, 3.63) is 33.8 Å². The first-order chi connectivity index (χ1) is 13.2. The third-order valence-electron chi connectivity index (χ3n) is 5.40. The number of halogens is 1. The van der Waals surface area contributed by atoms with E-state index in [1.54, 1.807) is 36.3 Å². The Balaban J connectivity index is 2.39. The van der Waals surface area contributed by atoms with Gasteiger partial charge in [-0.1, -0.05) is 11.6 Å². The summed E-state index contributed by atoms with van der Waals surface area (Å²) in [6, 6.07) is 3.70. The van der Waals surface area contributed by atoms with Crippen LogP contribution in [0.15, 0.2) is 12.1 Å². The number of amides is 1. The summed E-state index contributed by atoms with van der Waals surface area (Å²) in [6.07, 6.45) is 1.03. The highest BCUT2D eigenvalue weighted by Gasteiger charge is 2.50. The Bertz CT molecular complexity index is 707. The van der Waals surface area contributed by atoms with Crippen molar-refractivity contribution in [3.8, 4) is 0 Å². The molecule has 156 valence electrons. The van der Waals surface area contributed by atoms with Crippen molar-refractivity contribution < 1.29 is 19.2 Å². The summed E-state index contributed by atoms with van der Waals surface area (Å²) >= 11 is 6.12. The molecule has 0 aliphatic carbocycles. The number of hydrazine groups is 1. The van der Waals surface area contributed by atoms with Gasteiger partial charge < -0.3 is 9.57 Å². The molecule has 1 amide bonds. The molecule has 1 aliphatic rings. The summed E-state index contributed by atoms with van der Waals surface area (Å²) in [5, 5.41) is 5.67. The van der Waals surface area contributed by atoms with Crippen LogP contribution in [0.2, 0.25) is 5.02 Å². The third-order valence-corrected chi connectivity index (χ3v) is 5.62. The van der Waals surface area contributed by atoms with E-state index >= 15 is 0 Å². The second-order valence-electron chi connectivity index (χ2n) is 7.38. The molecule has 0 spiro atoms. The highest BCUT2D eigenvalue weighted by molar-refractivity contribution is 6.30. The zero-order valence-corrected chi connectivity index (χ0v) is 18.3. The molecule has 0 unspecified atom stereocenters. The van der Waals surface area contributed by atoms with Gasteiger partial charge in [0.2, 0.25) is 5.91 Å². The molecule has 7 nitrogen and oxygen atoms in total. The number of ether oxygens (including phenoxy) is 1. The van der Waals surface area contributed by atoms with Crippen LogP contribution in [0.25, 0.3) is 0 Å². The Morgan fingerprint density at radius 2 is 1.68 bits per heavy atom. The second kappa shape index (κ2) is 9.22. The fourth-order valence-corrected chi connectivity index (χ4v) is 4.35. The minimum atomic E-state index is -1.06. The average molecular weight is 412 g/mol. The molecule has 0 N–H and O–H groups in total. The maximum atomic E-state index is 13.4. The lowest BCUT2D eigenvalue weighted by Gasteiger charge is -2.48. The van der Waals surface area contributed by atoms with Crippen LogP contribution >= 0.6 is 11.6 Å². The van der Waals surface area contributed by atoms with Gasteiger partial charge in [-0.2, -0.15) is 5.06 Å². The minimum absolute atomic E-state index is 0.158. The molecule has 1 aliphatic heterocycles. The van der Waals surface area contributed by atoms with E-state index in [4.69, 9.17) is 21.2 Å². The SMILES string of the molecule is COC(=O)C1(N(C(=O)Cc2c(C)cc(Cl)cc2C)N(C)C)CCN(OC)CC1. The summed E-state index contributed by atoms with van der Waals surface area (Å²) in [7, 11) is 6.50. The van der Waals surface area contributed by atoms with Gasteiger partial charge in [0.05, 0.1) is 20.6 Å². The zero-order valence-electron chi connectivity index (χ0n) is 17.5. The molecule has 0 atom stereocenters. The van der Waals surface area contributed by atoms with Gasteiger partial charge in [0.1, 0.15) is 0 Å². The van der Waals surface area contributed by atoms with Crippen LogP contribution in [-0.4, -0.2) is 73.9 Å². The maximum absolute atomic E-state index is 13.4. The molecule has 0 bridgehead atoms. The van der Waals surface area contributed by atoms with Crippen LogP contribution < -0.4 is 0 Å². The molecular formula is C20H30ClN3O4. The highest BCUT2D eigenvalue weighted by atomic mass is 35.5. The van der Waals surface area contributed by atoms with Gasteiger partial charge in [-0.15, -0.1) is 0 Å². The number of methoxy groups -OCH3 is 1. The van der Waals surface area contributed by atoms with E-state index in [1.807, 2.05) is 26.0 Å². The van der Waals surface area contributed by atoms with Gasteiger partial charge in [-0.3, -0.25) is 9.80 Å². The lowest BCUT2D eigenvalue weighted by molar-refractivity contribution is -0.203. The number of hydrogen-bond donors (Lipinski definition) is 0. The fraction of sp³-hybridized carbons (Fsp3) is 0.600. The van der Waals surface area contributed by atoms with Crippen molar-refractivity contribution in [2.75, 3.05) is 41.4 Å². The lowest BCUT2D eigenvalue weighted by Crippen LogP contribution is -2.66. The standard InChI is InChI=1S/C20H30ClN3O4/c1-14-11-16(21)12-15(2)17(14)13-18(25)24(22(3)4)20(19(26)27-5)7-9-23(28-6)10-8-20/h11-12H,7-10,13H2,1-6H3. The number of esters is 1. The Labute approximate surface area is 172 Å². The Hall–Kier alpha value is -1.67. The monoisotopic (exact) mass is 411 g/mol. The molecule has 1 aromatic rings. The summed E-state index contributed by atoms with van der Waals surface area (Å²) in [6.45, 7) is 4.94. The normalized spacial score (nSPS) is 16.9. The molecule has 1 aromatic carbocycles. The van der Waals surface area contributed by atoms with Gasteiger partial charge in [0.15, 0.2) is 5.54 Å². The lowest BCUT2D eigenvalue weighted by atomic mass is 9.86. The number of hydrogen-bond acceptors (Lipinski definition) is 6. The van der Waals surface area contributed by atoms with Crippen molar-refractivity contribution >= 4 is 23.5 Å². The molecular weight excluding hydrogens is 382 g/mol. The molecule has 1 heterocycles. The largest absolute Gasteiger partial charge is 0.467 e. The summed E-state index contributed by atoms with van der Waals surface area (Å²) in [4.78, 5) is 31.6. The van der Waals surface area contributed by atoms with Crippen LogP contribution in [0.4, 0.5) is 0 Å². The average Bonchev–Trinajstić information content (AvgIpc) is 2.64. The van der Waals surface area contributed by atoms with Gasteiger partial charge in [-0.25, -0.2) is 9.80 Å². The van der Waals surface area contributed by atoms with Crippen molar-refractivity contribution in [2.45, 2.75) is 38.6 Å². The number of piperidine rings is 1. The molecule has 8 heteroatoms. The van der Waals surface area contributed by atoms with E-state index in [-0.39, 0.29) is 12.3 Å². The maximum Gasteiger partial charge on any atom is 0.333 e. The van der Waals surface area contributed by atoms with Gasteiger partial charge in [0.25, 0.3) is 0 Å². The van der Waals surface area contributed by atoms with Gasteiger partial charge >= 0.3 is 5.97 Å². The van der Waals surface area contributed by atoms with Crippen LogP contribution in [0.5, 0.6) is 0 Å². The number of aryl methyl sites for hydroxylation is 2. The molecule has 1 saturated heterocycles. The van der Waals surface area contributed by atoms with Crippen LogP contribution in [0.1, 0.15) is 29.5 Å². The smallest absolute Gasteiger partial charge is 0.333 e. The number of nitrogens with zero attached hydrogens (tertiary/aromatic N) is 3. The summed E-state index contributed by atoms with van der Waals surface area (Å²) in [5.41, 5.74) is 1.78. The predicted octanol–water partition coefficient (Wildman–Crippen LogP) is 2.37. The van der Waals surface area contributed by atoms with E-state index in [0.717, 1.165) is 16.7 Å². The van der Waals surface area contributed by atoms with Crippen molar-refractivity contribution in [2.24, 2.45) is 0 Å². The van der Waals surface area contributed by atoms with E-state index in [1.165, 1.54) is 7.11 Å². The molecule has 28 heavy (non-hydrogen) atoms. The molecule has 2 rings (SSSR count). The van der Waals surface area contributed by atoms with Crippen LogP contribution in [0, 0.1) is 13.8 Å². The Kier molecular flexibility index (Phi) is 7.45. The number of rotatable bonds is 6. The minimum Gasteiger partial charge on any atom is -0.467 e. The van der Waals surface area contributed by atoms with Crippen LogP contribution in [0.3, 0.4) is 0 Å².